The highest BCUT2D eigenvalue weighted by Gasteiger charge is 2.25. The van der Waals surface area contributed by atoms with Crippen LogP contribution in [0.25, 0.3) is 0 Å². The van der Waals surface area contributed by atoms with Gasteiger partial charge in [-0.1, -0.05) is 6.07 Å². The van der Waals surface area contributed by atoms with Crippen LogP contribution in [0.2, 0.25) is 0 Å². The van der Waals surface area contributed by atoms with Gasteiger partial charge in [-0.25, -0.2) is 4.98 Å². The number of benzene rings is 1. The highest BCUT2D eigenvalue weighted by molar-refractivity contribution is 5.70. The van der Waals surface area contributed by atoms with Crippen molar-refractivity contribution in [3.05, 3.63) is 40.1 Å². The number of nitrogen functional groups attached to an aromatic ring is 1. The zero-order chi connectivity index (χ0) is 15.6. The molecule has 0 spiro atoms. The van der Waals surface area contributed by atoms with Gasteiger partial charge in [-0.15, -0.1) is 0 Å². The number of aromatic nitrogens is 2. The van der Waals surface area contributed by atoms with Gasteiger partial charge in [-0.3, -0.25) is 10.1 Å². The lowest BCUT2D eigenvalue weighted by molar-refractivity contribution is -0.385. The fourth-order valence-electron chi connectivity index (χ4n) is 1.96. The van der Waals surface area contributed by atoms with Gasteiger partial charge in [0.05, 0.1) is 12.0 Å². The SMILES string of the molecule is COc1cccc(N(C)c2nc(N)nc(C)c2[N+](=O)[O-])c1. The van der Waals surface area contributed by atoms with Crippen molar-refractivity contribution in [1.29, 1.82) is 0 Å². The van der Waals surface area contributed by atoms with Crippen molar-refractivity contribution in [2.45, 2.75) is 6.92 Å². The molecule has 0 aliphatic heterocycles. The normalized spacial score (nSPS) is 10.2. The number of aryl methyl sites for hydroxylation is 1. The molecule has 1 aromatic carbocycles. The Kier molecular flexibility index (Phi) is 3.88. The van der Waals surface area contributed by atoms with Crippen LogP contribution in [0.15, 0.2) is 24.3 Å². The van der Waals surface area contributed by atoms with Crippen LogP contribution in [-0.2, 0) is 0 Å². The molecule has 2 N–H and O–H groups in total. The van der Waals surface area contributed by atoms with Gasteiger partial charge in [0.1, 0.15) is 11.4 Å². The first-order chi connectivity index (χ1) is 9.93. The van der Waals surface area contributed by atoms with E-state index in [0.717, 1.165) is 0 Å². The van der Waals surface area contributed by atoms with Gasteiger partial charge in [0, 0.05) is 18.8 Å². The van der Waals surface area contributed by atoms with Gasteiger partial charge in [-0.05, 0) is 19.1 Å². The van der Waals surface area contributed by atoms with Gasteiger partial charge in [0.15, 0.2) is 0 Å². The minimum Gasteiger partial charge on any atom is -0.497 e. The van der Waals surface area contributed by atoms with Crippen LogP contribution in [0, 0.1) is 17.0 Å². The first-order valence-corrected chi connectivity index (χ1v) is 6.10. The van der Waals surface area contributed by atoms with E-state index < -0.39 is 4.92 Å². The molecule has 2 rings (SSSR count). The average Bonchev–Trinajstić information content (AvgIpc) is 2.45. The van der Waals surface area contributed by atoms with Crippen LogP contribution in [0.3, 0.4) is 0 Å². The first-order valence-electron chi connectivity index (χ1n) is 6.10. The molecule has 0 unspecified atom stereocenters. The van der Waals surface area contributed by atoms with Gasteiger partial charge >= 0.3 is 5.69 Å². The smallest absolute Gasteiger partial charge is 0.333 e. The monoisotopic (exact) mass is 289 g/mol. The molecule has 0 fully saturated rings. The van der Waals surface area contributed by atoms with Crippen molar-refractivity contribution >= 4 is 23.1 Å². The van der Waals surface area contributed by atoms with E-state index >= 15 is 0 Å². The Hall–Kier alpha value is -2.90. The Morgan fingerprint density at radius 1 is 1.38 bits per heavy atom. The summed E-state index contributed by atoms with van der Waals surface area (Å²) in [6.45, 7) is 1.53. The molecule has 0 saturated heterocycles. The lowest BCUT2D eigenvalue weighted by Crippen LogP contribution is -2.16. The molecule has 0 atom stereocenters. The number of nitro groups is 1. The molecule has 0 amide bonds. The number of hydrogen-bond acceptors (Lipinski definition) is 7. The third-order valence-corrected chi connectivity index (χ3v) is 3.00. The summed E-state index contributed by atoms with van der Waals surface area (Å²) < 4.78 is 5.15. The number of ether oxygens (including phenoxy) is 1. The summed E-state index contributed by atoms with van der Waals surface area (Å²) >= 11 is 0. The molecule has 0 bridgehead atoms. The second-order valence-corrected chi connectivity index (χ2v) is 4.36. The van der Waals surface area contributed by atoms with Gasteiger partial charge in [-0.2, -0.15) is 4.98 Å². The number of nitrogens with two attached hydrogens (primary N) is 1. The molecular formula is C13H15N5O3. The maximum atomic E-state index is 11.2. The van der Waals surface area contributed by atoms with Crippen molar-refractivity contribution in [3.8, 4) is 5.75 Å². The highest BCUT2D eigenvalue weighted by Crippen LogP contribution is 2.33. The zero-order valence-corrected chi connectivity index (χ0v) is 11.9. The summed E-state index contributed by atoms with van der Waals surface area (Å²) in [5.41, 5.74) is 6.34. The minimum absolute atomic E-state index is 0.0113. The Morgan fingerprint density at radius 2 is 2.10 bits per heavy atom. The predicted octanol–water partition coefficient (Wildman–Crippen LogP) is 2.05. The van der Waals surface area contributed by atoms with Crippen LogP contribution >= 0.6 is 0 Å². The summed E-state index contributed by atoms with van der Waals surface area (Å²) in [6, 6.07) is 7.11. The molecule has 21 heavy (non-hydrogen) atoms. The number of nitrogens with zero attached hydrogens (tertiary/aromatic N) is 4. The third kappa shape index (κ3) is 2.83. The van der Waals surface area contributed by atoms with Crippen molar-refractivity contribution < 1.29 is 9.66 Å². The molecule has 8 nitrogen and oxygen atoms in total. The topological polar surface area (TPSA) is 107 Å². The first kappa shape index (κ1) is 14.5. The summed E-state index contributed by atoms with van der Waals surface area (Å²) in [4.78, 5) is 20.1. The van der Waals surface area contributed by atoms with Gasteiger partial charge in [0.25, 0.3) is 0 Å². The minimum atomic E-state index is -0.513. The summed E-state index contributed by atoms with van der Waals surface area (Å²) in [5, 5.41) is 11.2. The van der Waals surface area contributed by atoms with Crippen molar-refractivity contribution in [2.75, 3.05) is 24.8 Å². The van der Waals surface area contributed by atoms with E-state index in [1.807, 2.05) is 0 Å². The van der Waals surface area contributed by atoms with E-state index in [1.54, 1.807) is 43.3 Å². The van der Waals surface area contributed by atoms with Crippen LogP contribution in [0.1, 0.15) is 5.69 Å². The van der Waals surface area contributed by atoms with E-state index in [1.165, 1.54) is 6.92 Å². The molecule has 1 aromatic heterocycles. The van der Waals surface area contributed by atoms with E-state index in [0.29, 0.717) is 11.4 Å². The Morgan fingerprint density at radius 3 is 2.71 bits per heavy atom. The molecule has 8 heteroatoms. The van der Waals surface area contributed by atoms with Crippen molar-refractivity contribution in [3.63, 3.8) is 0 Å². The maximum Gasteiger partial charge on any atom is 0.333 e. The quantitative estimate of drug-likeness (QED) is 0.677. The molecule has 0 radical (unpaired) electrons. The van der Waals surface area contributed by atoms with E-state index in [4.69, 9.17) is 10.5 Å². The predicted molar refractivity (Wildman–Crippen MR) is 78.9 cm³/mol. The average molecular weight is 289 g/mol. The summed E-state index contributed by atoms with van der Waals surface area (Å²) in [7, 11) is 3.22. The number of methoxy groups -OCH3 is 1. The number of anilines is 3. The molecule has 1 heterocycles. The number of rotatable bonds is 4. The van der Waals surface area contributed by atoms with Crippen molar-refractivity contribution in [2.24, 2.45) is 0 Å². The second kappa shape index (κ2) is 5.61. The molecule has 2 aromatic rings. The van der Waals surface area contributed by atoms with Crippen LogP contribution in [-0.4, -0.2) is 29.0 Å². The molecular weight excluding hydrogens is 274 g/mol. The largest absolute Gasteiger partial charge is 0.497 e. The Balaban J connectivity index is 2.56. The maximum absolute atomic E-state index is 11.2. The fraction of sp³-hybridized carbons (Fsp3) is 0.231. The van der Waals surface area contributed by atoms with E-state index in [9.17, 15) is 10.1 Å². The van der Waals surface area contributed by atoms with Crippen LogP contribution in [0.4, 0.5) is 23.1 Å². The van der Waals surface area contributed by atoms with Gasteiger partial charge in [0.2, 0.25) is 11.8 Å². The Labute approximate surface area is 121 Å². The van der Waals surface area contributed by atoms with Crippen LogP contribution in [0.5, 0.6) is 5.75 Å². The highest BCUT2D eigenvalue weighted by atomic mass is 16.6. The lowest BCUT2D eigenvalue weighted by atomic mass is 10.2. The molecule has 0 saturated carbocycles. The third-order valence-electron chi connectivity index (χ3n) is 3.00. The zero-order valence-electron chi connectivity index (χ0n) is 11.9. The standard InChI is InChI=1S/C13H15N5O3/c1-8-11(18(19)20)12(16-13(14)15-8)17(2)9-5-4-6-10(7-9)21-3/h4-7H,1-3H3,(H2,14,15,16). The van der Waals surface area contributed by atoms with E-state index in [-0.39, 0.29) is 23.1 Å². The summed E-state index contributed by atoms with van der Waals surface area (Å²) in [6.07, 6.45) is 0. The Bertz CT molecular complexity index is 690. The molecule has 0 aliphatic rings. The van der Waals surface area contributed by atoms with Gasteiger partial charge < -0.3 is 15.4 Å². The fourth-order valence-corrected chi connectivity index (χ4v) is 1.96. The lowest BCUT2D eigenvalue weighted by Gasteiger charge is -2.19. The van der Waals surface area contributed by atoms with E-state index in [2.05, 4.69) is 9.97 Å². The summed E-state index contributed by atoms with van der Waals surface area (Å²) in [5.74, 6) is 0.766. The second-order valence-electron chi connectivity index (χ2n) is 4.36. The molecule has 110 valence electrons. The van der Waals surface area contributed by atoms with Crippen molar-refractivity contribution in [1.82, 2.24) is 9.97 Å². The number of hydrogen-bond donors (Lipinski definition) is 1. The van der Waals surface area contributed by atoms with Crippen LogP contribution < -0.4 is 15.4 Å². The molecule has 0 aliphatic carbocycles.